The van der Waals surface area contributed by atoms with Crippen molar-refractivity contribution in [3.8, 4) is 67.5 Å². The second kappa shape index (κ2) is 13.9. The van der Waals surface area contributed by atoms with E-state index in [1.54, 1.807) is 0 Å². The number of rotatable bonds is 4. The molecule has 11 rings (SSSR count). The van der Waals surface area contributed by atoms with E-state index in [0.717, 1.165) is 56.2 Å². The number of hydrogen-bond acceptors (Lipinski definition) is 2. The first-order valence-electron chi connectivity index (χ1n) is 21.5. The highest BCUT2D eigenvalue weighted by atomic mass is 16.5. The van der Waals surface area contributed by atoms with Gasteiger partial charge in [0.2, 0.25) is 0 Å². The number of fused-ring (bicyclic) bond motifs is 6. The summed E-state index contributed by atoms with van der Waals surface area (Å²) in [7, 11) is 0. The third-order valence-corrected chi connectivity index (χ3v) is 12.9. The van der Waals surface area contributed by atoms with Gasteiger partial charge in [-0.15, -0.1) is 0 Å². The van der Waals surface area contributed by atoms with Crippen molar-refractivity contribution < 1.29 is 9.47 Å². The van der Waals surface area contributed by atoms with Crippen molar-refractivity contribution in [1.29, 1.82) is 0 Å². The molecule has 0 unspecified atom stereocenters. The van der Waals surface area contributed by atoms with E-state index in [-0.39, 0.29) is 17.5 Å². The van der Waals surface area contributed by atoms with Gasteiger partial charge in [-0.25, -0.2) is 0 Å². The van der Waals surface area contributed by atoms with Crippen molar-refractivity contribution in [3.63, 3.8) is 0 Å². The Bertz CT molecular complexity index is 3160. The van der Waals surface area contributed by atoms with Gasteiger partial charge in [-0.05, 0) is 141 Å². The lowest BCUT2D eigenvalue weighted by atomic mass is 9.34. The molecule has 3 heteroatoms. The van der Waals surface area contributed by atoms with Crippen LogP contribution in [0.4, 0.5) is 0 Å². The molecule has 0 amide bonds. The fourth-order valence-electron chi connectivity index (χ4n) is 9.70. The molecule has 9 aromatic carbocycles. The lowest BCUT2D eigenvalue weighted by Crippen LogP contribution is -2.57. The number of benzene rings is 9. The van der Waals surface area contributed by atoms with Crippen LogP contribution in [0.2, 0.25) is 0 Å². The normalized spacial score (nSPS) is 13.0. The zero-order chi connectivity index (χ0) is 41.6. The molecule has 61 heavy (non-hydrogen) atoms. The predicted octanol–water partition coefficient (Wildman–Crippen LogP) is 14.0. The van der Waals surface area contributed by atoms with E-state index in [1.165, 1.54) is 60.4 Å². The van der Waals surface area contributed by atoms with Gasteiger partial charge in [0.25, 0.3) is 6.71 Å². The van der Waals surface area contributed by atoms with Gasteiger partial charge in [0, 0.05) is 5.46 Å². The fourth-order valence-corrected chi connectivity index (χ4v) is 9.70. The monoisotopic (exact) mass is 786 g/mol. The zero-order valence-corrected chi connectivity index (χ0v) is 35.6. The molecule has 0 atom stereocenters. The summed E-state index contributed by atoms with van der Waals surface area (Å²) < 4.78 is 13.9. The molecule has 294 valence electrons. The van der Waals surface area contributed by atoms with Crippen LogP contribution in [0.5, 0.6) is 23.0 Å². The van der Waals surface area contributed by atoms with Crippen molar-refractivity contribution in [2.45, 2.75) is 52.4 Å². The van der Waals surface area contributed by atoms with Crippen LogP contribution < -0.4 is 25.9 Å². The van der Waals surface area contributed by atoms with Gasteiger partial charge >= 0.3 is 0 Å². The molecule has 2 aliphatic rings. The molecular formula is C58H47BO2. The van der Waals surface area contributed by atoms with Gasteiger partial charge in [-0.1, -0.05) is 175 Å². The topological polar surface area (TPSA) is 18.5 Å². The number of para-hydroxylation sites is 1. The standard InChI is InChI=1S/C58H47BO2/c1-57(2,3)42-20-16-19-37(32-42)38-29-39(31-41(30-38)55-46-23-12-10-21-44(46)54(36-17-8-7-9-18-36)45-22-11-13-24-47(45)55)40-33-52-56-53(34-40)61-51-35-43(58(4,5)6)27-28-49(51)59(56)48-25-14-15-26-50(48)60-52/h7-35H,1-6H3. The second-order valence-corrected chi connectivity index (χ2v) is 18.9. The summed E-state index contributed by atoms with van der Waals surface area (Å²) in [4.78, 5) is 0. The van der Waals surface area contributed by atoms with Crippen molar-refractivity contribution in [3.05, 3.63) is 187 Å². The first-order chi connectivity index (χ1) is 29.5. The summed E-state index contributed by atoms with van der Waals surface area (Å²) in [5.41, 5.74) is 15.3. The summed E-state index contributed by atoms with van der Waals surface area (Å²) >= 11 is 0. The molecule has 2 heterocycles. The van der Waals surface area contributed by atoms with E-state index in [0.29, 0.717) is 0 Å². The summed E-state index contributed by atoms with van der Waals surface area (Å²) in [6, 6.07) is 64.6. The highest BCUT2D eigenvalue weighted by molar-refractivity contribution is 6.98. The molecule has 9 aromatic rings. The molecule has 2 aliphatic heterocycles. The lowest BCUT2D eigenvalue weighted by Gasteiger charge is -2.34. The van der Waals surface area contributed by atoms with Crippen LogP contribution in [0.25, 0.3) is 66.1 Å². The van der Waals surface area contributed by atoms with E-state index in [2.05, 4.69) is 217 Å². The minimum Gasteiger partial charge on any atom is -0.458 e. The van der Waals surface area contributed by atoms with Gasteiger partial charge in [-0.2, -0.15) is 0 Å². The van der Waals surface area contributed by atoms with Crippen LogP contribution in [0.3, 0.4) is 0 Å². The molecule has 0 N–H and O–H groups in total. The zero-order valence-electron chi connectivity index (χ0n) is 35.6. The molecule has 0 saturated carbocycles. The number of hydrogen-bond donors (Lipinski definition) is 0. The molecule has 0 fully saturated rings. The van der Waals surface area contributed by atoms with Gasteiger partial charge < -0.3 is 9.47 Å². The van der Waals surface area contributed by atoms with E-state index in [4.69, 9.17) is 9.47 Å². The van der Waals surface area contributed by atoms with Gasteiger partial charge in [0.05, 0.1) is 0 Å². The Labute approximate surface area is 359 Å². The lowest BCUT2D eigenvalue weighted by molar-refractivity contribution is 0.463. The van der Waals surface area contributed by atoms with Crippen LogP contribution >= 0.6 is 0 Å². The van der Waals surface area contributed by atoms with Crippen LogP contribution in [0, 0.1) is 0 Å². The van der Waals surface area contributed by atoms with Crippen molar-refractivity contribution in [1.82, 2.24) is 0 Å². The second-order valence-electron chi connectivity index (χ2n) is 18.9. The highest BCUT2D eigenvalue weighted by Crippen LogP contribution is 2.47. The Hall–Kier alpha value is -6.84. The Morgan fingerprint density at radius 2 is 0.803 bits per heavy atom. The first-order valence-corrected chi connectivity index (χ1v) is 21.5. The minimum atomic E-state index is -0.0198. The first kappa shape index (κ1) is 37.2. The average molecular weight is 787 g/mol. The van der Waals surface area contributed by atoms with Crippen LogP contribution in [-0.4, -0.2) is 6.71 Å². The molecule has 2 nitrogen and oxygen atoms in total. The summed E-state index contributed by atoms with van der Waals surface area (Å²) in [6.07, 6.45) is 0. The molecule has 0 spiro atoms. The molecule has 0 bridgehead atoms. The molecule has 0 aliphatic carbocycles. The van der Waals surface area contributed by atoms with Gasteiger partial charge in [0.15, 0.2) is 0 Å². The predicted molar refractivity (Wildman–Crippen MR) is 258 cm³/mol. The maximum atomic E-state index is 7.01. The minimum absolute atomic E-state index is 0.00192. The summed E-state index contributed by atoms with van der Waals surface area (Å²) in [6.45, 7) is 13.6. The summed E-state index contributed by atoms with van der Waals surface area (Å²) in [5.74, 6) is 3.48. The molecule has 0 saturated heterocycles. The van der Waals surface area contributed by atoms with E-state index in [1.807, 2.05) is 0 Å². The smallest absolute Gasteiger partial charge is 0.260 e. The third-order valence-electron chi connectivity index (χ3n) is 12.9. The van der Waals surface area contributed by atoms with Crippen molar-refractivity contribution in [2.75, 3.05) is 0 Å². The maximum Gasteiger partial charge on any atom is 0.260 e. The fraction of sp³-hybridized carbons (Fsp3) is 0.138. The number of ether oxygens (including phenoxy) is 2. The van der Waals surface area contributed by atoms with E-state index in [9.17, 15) is 0 Å². The van der Waals surface area contributed by atoms with Crippen molar-refractivity contribution in [2.24, 2.45) is 0 Å². The van der Waals surface area contributed by atoms with Crippen LogP contribution in [-0.2, 0) is 10.8 Å². The quantitative estimate of drug-likeness (QED) is 0.131. The van der Waals surface area contributed by atoms with Crippen LogP contribution in [0.15, 0.2) is 176 Å². The Balaban J connectivity index is 1.18. The van der Waals surface area contributed by atoms with E-state index >= 15 is 0 Å². The van der Waals surface area contributed by atoms with Crippen molar-refractivity contribution >= 4 is 44.6 Å². The molecule has 0 aromatic heterocycles. The van der Waals surface area contributed by atoms with Gasteiger partial charge in [-0.3, -0.25) is 0 Å². The SMILES string of the molecule is CC(C)(C)c1cccc(-c2cc(-c3cc4c5c(c3)Oc3cc(C(C)(C)C)ccc3B5c3ccccc3O4)cc(-c3c4ccccc4c(-c4ccccc4)c4ccccc34)c2)c1. The van der Waals surface area contributed by atoms with Gasteiger partial charge in [0.1, 0.15) is 23.0 Å². The third kappa shape index (κ3) is 6.26. The maximum absolute atomic E-state index is 7.01. The Kier molecular flexibility index (Phi) is 8.45. The largest absolute Gasteiger partial charge is 0.458 e. The summed E-state index contributed by atoms with van der Waals surface area (Å²) in [5, 5.41) is 4.93. The van der Waals surface area contributed by atoms with Crippen LogP contribution in [0.1, 0.15) is 52.7 Å². The Morgan fingerprint density at radius 1 is 0.328 bits per heavy atom. The average Bonchev–Trinajstić information content (AvgIpc) is 3.27. The molecular weight excluding hydrogens is 739 g/mol. The highest BCUT2D eigenvalue weighted by Gasteiger charge is 2.40. The van der Waals surface area contributed by atoms with E-state index < -0.39 is 0 Å². The Morgan fingerprint density at radius 3 is 1.44 bits per heavy atom. The molecule has 0 radical (unpaired) electrons.